The number of benzene rings is 1. The Morgan fingerprint density at radius 3 is 2.53 bits per heavy atom. The molecule has 2 unspecified atom stereocenters. The Morgan fingerprint density at radius 1 is 1.32 bits per heavy atom. The average molecular weight is 294 g/mol. The number of hydrogen-bond donors (Lipinski definition) is 1. The first-order valence-electron chi connectivity index (χ1n) is 5.81. The Hall–Kier alpha value is -1.46. The second kappa shape index (κ2) is 6.12. The second-order valence-electron chi connectivity index (χ2n) is 4.22. The van der Waals surface area contributed by atoms with E-state index in [1.54, 1.807) is 19.1 Å². The van der Waals surface area contributed by atoms with Crippen LogP contribution in [-0.4, -0.2) is 15.3 Å². The molecule has 100 valence electrons. The maximum Gasteiger partial charge on any atom is 0.310 e. The molecule has 0 aliphatic rings. The van der Waals surface area contributed by atoms with E-state index >= 15 is 0 Å². The fourth-order valence-electron chi connectivity index (χ4n) is 1.66. The molecule has 1 aromatic heterocycles. The standard InChI is InChI=1S/C14H14O3S2/c1-10(14(15)16)12-6-4-11(5-7-12)9-19(17)13-3-2-8-18-13/h2-8,10H,9H2,1H3,(H,15,16). The summed E-state index contributed by atoms with van der Waals surface area (Å²) in [6, 6.07) is 11.0. The van der Waals surface area contributed by atoms with Crippen LogP contribution in [0.1, 0.15) is 24.0 Å². The predicted octanol–water partition coefficient (Wildman–Crippen LogP) is 3.24. The number of rotatable bonds is 5. The zero-order chi connectivity index (χ0) is 13.8. The van der Waals surface area contributed by atoms with Crippen molar-refractivity contribution in [2.75, 3.05) is 0 Å². The molecule has 1 heterocycles. The molecule has 0 bridgehead atoms. The summed E-state index contributed by atoms with van der Waals surface area (Å²) in [5.41, 5.74) is 1.71. The predicted molar refractivity (Wildman–Crippen MR) is 76.9 cm³/mol. The van der Waals surface area contributed by atoms with Gasteiger partial charge in [0, 0.05) is 0 Å². The van der Waals surface area contributed by atoms with E-state index in [1.807, 2.05) is 29.6 Å². The van der Waals surface area contributed by atoms with E-state index in [1.165, 1.54) is 11.3 Å². The van der Waals surface area contributed by atoms with E-state index in [0.717, 1.165) is 15.3 Å². The summed E-state index contributed by atoms with van der Waals surface area (Å²) in [7, 11) is -1.03. The maximum absolute atomic E-state index is 12.0. The Labute approximate surface area is 118 Å². The van der Waals surface area contributed by atoms with Crippen LogP contribution in [0, 0.1) is 0 Å². The molecule has 0 amide bonds. The Balaban J connectivity index is 2.07. The Bertz CT molecular complexity index is 573. The number of carboxylic acids is 1. The van der Waals surface area contributed by atoms with Gasteiger partial charge >= 0.3 is 5.97 Å². The number of carboxylic acid groups (broad SMARTS) is 1. The molecule has 19 heavy (non-hydrogen) atoms. The first-order chi connectivity index (χ1) is 9.08. The van der Waals surface area contributed by atoms with Gasteiger partial charge in [-0.3, -0.25) is 9.00 Å². The quantitative estimate of drug-likeness (QED) is 0.921. The third kappa shape index (κ3) is 3.52. The summed E-state index contributed by atoms with van der Waals surface area (Å²) < 4.78 is 12.9. The second-order valence-corrected chi connectivity index (χ2v) is 6.85. The summed E-state index contributed by atoms with van der Waals surface area (Å²) >= 11 is 1.48. The van der Waals surface area contributed by atoms with Gasteiger partial charge in [0.1, 0.15) is 0 Å². The van der Waals surface area contributed by atoms with Crippen molar-refractivity contribution in [3.8, 4) is 0 Å². The van der Waals surface area contributed by atoms with Crippen LogP contribution in [0.4, 0.5) is 0 Å². The average Bonchev–Trinajstić information content (AvgIpc) is 2.92. The molecule has 1 N–H and O–H groups in total. The summed E-state index contributed by atoms with van der Waals surface area (Å²) in [6.07, 6.45) is 0. The van der Waals surface area contributed by atoms with Crippen LogP contribution < -0.4 is 0 Å². The largest absolute Gasteiger partial charge is 0.481 e. The fraction of sp³-hybridized carbons (Fsp3) is 0.214. The zero-order valence-corrected chi connectivity index (χ0v) is 12.0. The number of hydrogen-bond acceptors (Lipinski definition) is 3. The van der Waals surface area contributed by atoms with Gasteiger partial charge in [-0.05, 0) is 29.5 Å². The van der Waals surface area contributed by atoms with Gasteiger partial charge in [-0.2, -0.15) is 0 Å². The molecule has 0 aliphatic heterocycles. The SMILES string of the molecule is CC(C(=O)O)c1ccc(CS(=O)c2cccs2)cc1. The van der Waals surface area contributed by atoms with E-state index in [2.05, 4.69) is 0 Å². The molecule has 0 saturated heterocycles. The molecule has 2 rings (SSSR count). The first kappa shape index (κ1) is 14.0. The van der Waals surface area contributed by atoms with Crippen molar-refractivity contribution in [2.24, 2.45) is 0 Å². The van der Waals surface area contributed by atoms with Crippen LogP contribution in [0.2, 0.25) is 0 Å². The van der Waals surface area contributed by atoms with E-state index in [9.17, 15) is 9.00 Å². The first-order valence-corrected chi connectivity index (χ1v) is 8.01. The van der Waals surface area contributed by atoms with Gasteiger partial charge in [-0.1, -0.05) is 30.3 Å². The van der Waals surface area contributed by atoms with Crippen molar-refractivity contribution in [3.05, 3.63) is 52.9 Å². The van der Waals surface area contributed by atoms with Gasteiger partial charge in [0.05, 0.1) is 26.7 Å². The topological polar surface area (TPSA) is 54.4 Å². The molecule has 0 spiro atoms. The molecule has 3 nitrogen and oxygen atoms in total. The van der Waals surface area contributed by atoms with Crippen molar-refractivity contribution >= 4 is 28.1 Å². The van der Waals surface area contributed by atoms with Gasteiger partial charge in [0.15, 0.2) is 0 Å². The molecular formula is C14H14O3S2. The van der Waals surface area contributed by atoms with Gasteiger partial charge in [-0.15, -0.1) is 11.3 Å². The molecule has 1 aromatic carbocycles. The molecule has 0 fully saturated rings. The monoisotopic (exact) mass is 294 g/mol. The van der Waals surface area contributed by atoms with Crippen molar-refractivity contribution < 1.29 is 14.1 Å². The molecular weight excluding hydrogens is 280 g/mol. The summed E-state index contributed by atoms with van der Waals surface area (Å²) in [5.74, 6) is -0.894. The highest BCUT2D eigenvalue weighted by molar-refractivity contribution is 7.86. The summed E-state index contributed by atoms with van der Waals surface area (Å²) in [4.78, 5) is 10.9. The highest BCUT2D eigenvalue weighted by Crippen LogP contribution is 2.20. The minimum atomic E-state index is -1.03. The van der Waals surface area contributed by atoms with Crippen molar-refractivity contribution in [2.45, 2.75) is 22.8 Å². The van der Waals surface area contributed by atoms with E-state index < -0.39 is 22.7 Å². The fourth-order valence-corrected chi connectivity index (χ4v) is 3.75. The Kier molecular flexibility index (Phi) is 4.50. The van der Waals surface area contributed by atoms with Gasteiger partial charge in [0.2, 0.25) is 0 Å². The van der Waals surface area contributed by atoms with Gasteiger partial charge < -0.3 is 5.11 Å². The van der Waals surface area contributed by atoms with Crippen LogP contribution in [0.5, 0.6) is 0 Å². The number of aliphatic carboxylic acids is 1. The molecule has 5 heteroatoms. The smallest absolute Gasteiger partial charge is 0.310 e. The van der Waals surface area contributed by atoms with Crippen LogP contribution in [0.25, 0.3) is 0 Å². The third-order valence-electron chi connectivity index (χ3n) is 2.87. The zero-order valence-electron chi connectivity index (χ0n) is 10.4. The highest BCUT2D eigenvalue weighted by Gasteiger charge is 2.13. The van der Waals surface area contributed by atoms with Crippen LogP contribution >= 0.6 is 11.3 Å². The minimum absolute atomic E-state index is 0.461. The van der Waals surface area contributed by atoms with Crippen molar-refractivity contribution in [1.82, 2.24) is 0 Å². The van der Waals surface area contributed by atoms with Crippen LogP contribution in [0.3, 0.4) is 0 Å². The van der Waals surface area contributed by atoms with Crippen LogP contribution in [-0.2, 0) is 21.3 Å². The molecule has 2 aromatic rings. The lowest BCUT2D eigenvalue weighted by Gasteiger charge is -2.07. The normalized spacial score (nSPS) is 13.9. The number of carbonyl (C=O) groups is 1. The maximum atomic E-state index is 12.0. The summed E-state index contributed by atoms with van der Waals surface area (Å²) in [5, 5.41) is 10.8. The van der Waals surface area contributed by atoms with Crippen molar-refractivity contribution in [1.29, 1.82) is 0 Å². The lowest BCUT2D eigenvalue weighted by Crippen LogP contribution is -2.07. The van der Waals surface area contributed by atoms with Gasteiger partial charge in [0.25, 0.3) is 0 Å². The lowest BCUT2D eigenvalue weighted by molar-refractivity contribution is -0.138. The van der Waals surface area contributed by atoms with E-state index in [4.69, 9.17) is 5.11 Å². The van der Waals surface area contributed by atoms with Crippen LogP contribution in [0.15, 0.2) is 46.0 Å². The molecule has 0 radical (unpaired) electrons. The lowest BCUT2D eigenvalue weighted by atomic mass is 10.0. The highest BCUT2D eigenvalue weighted by atomic mass is 32.2. The molecule has 0 saturated carbocycles. The number of thiophene rings is 1. The van der Waals surface area contributed by atoms with Crippen molar-refractivity contribution in [3.63, 3.8) is 0 Å². The minimum Gasteiger partial charge on any atom is -0.481 e. The molecule has 0 aliphatic carbocycles. The summed E-state index contributed by atoms with van der Waals surface area (Å²) in [6.45, 7) is 1.65. The Morgan fingerprint density at radius 2 is 2.00 bits per heavy atom. The van der Waals surface area contributed by atoms with E-state index in [-0.39, 0.29) is 0 Å². The third-order valence-corrected chi connectivity index (χ3v) is 5.56. The molecule has 2 atom stereocenters. The van der Waals surface area contributed by atoms with E-state index in [0.29, 0.717) is 5.75 Å². The van der Waals surface area contributed by atoms with Gasteiger partial charge in [-0.25, -0.2) is 0 Å².